The van der Waals surface area contributed by atoms with Gasteiger partial charge in [0.1, 0.15) is 12.3 Å². The average molecular weight is 438 g/mol. The van der Waals surface area contributed by atoms with Gasteiger partial charge in [0, 0.05) is 21.2 Å². The van der Waals surface area contributed by atoms with Crippen LogP contribution in [0.1, 0.15) is 16.1 Å². The molecular formula is C16H10Br2N2O3. The number of aromatic nitrogens is 2. The van der Waals surface area contributed by atoms with E-state index in [-0.39, 0.29) is 12.2 Å². The number of hydrogen-bond donors (Lipinski definition) is 0. The van der Waals surface area contributed by atoms with E-state index in [4.69, 9.17) is 4.74 Å². The van der Waals surface area contributed by atoms with Gasteiger partial charge in [-0.05, 0) is 52.3 Å². The molecule has 3 aromatic rings. The van der Waals surface area contributed by atoms with Gasteiger partial charge in [-0.3, -0.25) is 9.20 Å². The Kier molecular flexibility index (Phi) is 4.58. The van der Waals surface area contributed by atoms with Gasteiger partial charge in [-0.15, -0.1) is 0 Å². The number of carbonyl (C=O) groups excluding carboxylic acids is 1. The lowest BCUT2D eigenvalue weighted by atomic mass is 10.2. The number of halogens is 2. The molecule has 0 atom stereocenters. The van der Waals surface area contributed by atoms with Crippen LogP contribution in [0.15, 0.2) is 62.4 Å². The molecule has 0 saturated heterocycles. The molecule has 0 bridgehead atoms. The SMILES string of the molecule is O=C(OCc1cc(=O)n2cc(Br)ccc2n1)c1ccc(Br)cc1. The van der Waals surface area contributed by atoms with Crippen molar-refractivity contribution in [2.75, 3.05) is 0 Å². The molecular weight excluding hydrogens is 428 g/mol. The Bertz CT molecular complexity index is 936. The second-order valence-electron chi connectivity index (χ2n) is 4.74. The average Bonchev–Trinajstić information content (AvgIpc) is 2.54. The summed E-state index contributed by atoms with van der Waals surface area (Å²) in [6.07, 6.45) is 1.64. The highest BCUT2D eigenvalue weighted by molar-refractivity contribution is 9.10. The molecule has 3 rings (SSSR count). The quantitative estimate of drug-likeness (QED) is 0.587. The highest BCUT2D eigenvalue weighted by atomic mass is 79.9. The first-order chi connectivity index (χ1) is 11.0. The van der Waals surface area contributed by atoms with Gasteiger partial charge in [0.05, 0.1) is 11.3 Å². The summed E-state index contributed by atoms with van der Waals surface area (Å²) < 4.78 is 8.29. The van der Waals surface area contributed by atoms with Crippen molar-refractivity contribution in [2.45, 2.75) is 6.61 Å². The molecule has 5 nitrogen and oxygen atoms in total. The predicted octanol–water partition coefficient (Wildman–Crippen LogP) is 3.58. The molecule has 0 amide bonds. The topological polar surface area (TPSA) is 60.7 Å². The highest BCUT2D eigenvalue weighted by Crippen LogP contribution is 2.12. The van der Waals surface area contributed by atoms with Gasteiger partial charge in [0.25, 0.3) is 5.56 Å². The van der Waals surface area contributed by atoms with Gasteiger partial charge in [0.15, 0.2) is 0 Å². The number of hydrogen-bond acceptors (Lipinski definition) is 4. The van der Waals surface area contributed by atoms with Crippen LogP contribution in [0, 0.1) is 0 Å². The van der Waals surface area contributed by atoms with Crippen molar-refractivity contribution in [3.8, 4) is 0 Å². The Hall–Kier alpha value is -1.99. The van der Waals surface area contributed by atoms with Crippen molar-refractivity contribution in [1.29, 1.82) is 0 Å². The Morgan fingerprint density at radius 2 is 1.78 bits per heavy atom. The number of carbonyl (C=O) groups is 1. The summed E-state index contributed by atoms with van der Waals surface area (Å²) in [4.78, 5) is 28.3. The molecule has 2 aromatic heterocycles. The van der Waals surface area contributed by atoms with E-state index in [0.717, 1.165) is 8.95 Å². The lowest BCUT2D eigenvalue weighted by molar-refractivity contribution is 0.0467. The monoisotopic (exact) mass is 436 g/mol. The van der Waals surface area contributed by atoms with Gasteiger partial charge in [0.2, 0.25) is 0 Å². The molecule has 0 radical (unpaired) electrons. The van der Waals surface area contributed by atoms with Crippen LogP contribution in [0.2, 0.25) is 0 Å². The van der Waals surface area contributed by atoms with Crippen LogP contribution in [0.25, 0.3) is 5.65 Å². The van der Waals surface area contributed by atoms with Gasteiger partial charge in [-0.2, -0.15) is 0 Å². The Morgan fingerprint density at radius 3 is 2.52 bits per heavy atom. The number of ether oxygens (including phenoxy) is 1. The maximum absolute atomic E-state index is 12.1. The Morgan fingerprint density at radius 1 is 1.09 bits per heavy atom. The first-order valence-electron chi connectivity index (χ1n) is 6.63. The molecule has 0 N–H and O–H groups in total. The number of rotatable bonds is 3. The van der Waals surface area contributed by atoms with E-state index in [1.807, 2.05) is 0 Å². The van der Waals surface area contributed by atoms with Crippen LogP contribution in [0.4, 0.5) is 0 Å². The zero-order valence-corrected chi connectivity index (χ0v) is 14.9. The summed E-state index contributed by atoms with van der Waals surface area (Å²) >= 11 is 6.61. The fraction of sp³-hybridized carbons (Fsp3) is 0.0625. The van der Waals surface area contributed by atoms with E-state index >= 15 is 0 Å². The molecule has 0 saturated carbocycles. The molecule has 116 valence electrons. The van der Waals surface area contributed by atoms with Gasteiger partial charge < -0.3 is 4.74 Å². The number of nitrogens with zero attached hydrogens (tertiary/aromatic N) is 2. The van der Waals surface area contributed by atoms with Gasteiger partial charge in [-0.1, -0.05) is 15.9 Å². The lowest BCUT2D eigenvalue weighted by Gasteiger charge is -2.06. The zero-order chi connectivity index (χ0) is 16.4. The summed E-state index contributed by atoms with van der Waals surface area (Å²) in [6, 6.07) is 11.7. The van der Waals surface area contributed by atoms with Crippen molar-refractivity contribution < 1.29 is 9.53 Å². The molecule has 23 heavy (non-hydrogen) atoms. The third-order valence-corrected chi connectivity index (χ3v) is 4.11. The van der Waals surface area contributed by atoms with E-state index < -0.39 is 5.97 Å². The first kappa shape index (κ1) is 15.9. The third kappa shape index (κ3) is 3.68. The van der Waals surface area contributed by atoms with Crippen molar-refractivity contribution in [3.05, 3.63) is 79.2 Å². The summed E-state index contributed by atoms with van der Waals surface area (Å²) in [5.41, 5.74) is 1.11. The summed E-state index contributed by atoms with van der Waals surface area (Å²) in [6.45, 7) is -0.0588. The van der Waals surface area contributed by atoms with Gasteiger partial charge in [-0.25, -0.2) is 9.78 Å². The number of benzene rings is 1. The number of fused-ring (bicyclic) bond motifs is 1. The van der Waals surface area contributed by atoms with Crippen LogP contribution in [-0.2, 0) is 11.3 Å². The van der Waals surface area contributed by atoms with E-state index in [1.165, 1.54) is 10.5 Å². The van der Waals surface area contributed by atoms with Gasteiger partial charge >= 0.3 is 5.97 Å². The standard InChI is InChI=1S/C16H10Br2N2O3/c17-11-3-1-10(2-4-11)16(22)23-9-13-7-15(21)20-8-12(18)5-6-14(20)19-13/h1-8H,9H2. The Labute approximate surface area is 148 Å². The molecule has 7 heteroatoms. The smallest absolute Gasteiger partial charge is 0.338 e. The Balaban J connectivity index is 1.79. The van der Waals surface area contributed by atoms with Crippen LogP contribution in [-0.4, -0.2) is 15.4 Å². The molecule has 0 aliphatic carbocycles. The summed E-state index contributed by atoms with van der Waals surface area (Å²) in [5.74, 6) is -0.463. The second-order valence-corrected chi connectivity index (χ2v) is 6.58. The van der Waals surface area contributed by atoms with Crippen LogP contribution < -0.4 is 5.56 Å². The first-order valence-corrected chi connectivity index (χ1v) is 8.22. The van der Waals surface area contributed by atoms with E-state index in [0.29, 0.717) is 16.9 Å². The predicted molar refractivity (Wildman–Crippen MR) is 92.4 cm³/mol. The normalized spacial score (nSPS) is 10.7. The van der Waals surface area contributed by atoms with Crippen molar-refractivity contribution in [3.63, 3.8) is 0 Å². The zero-order valence-electron chi connectivity index (χ0n) is 11.7. The van der Waals surface area contributed by atoms with Crippen LogP contribution in [0.5, 0.6) is 0 Å². The van der Waals surface area contributed by atoms with Crippen LogP contribution in [0.3, 0.4) is 0 Å². The molecule has 0 aliphatic heterocycles. The van der Waals surface area contributed by atoms with Crippen molar-refractivity contribution >= 4 is 43.5 Å². The fourth-order valence-corrected chi connectivity index (χ4v) is 2.61. The minimum atomic E-state index is -0.463. The molecule has 0 unspecified atom stereocenters. The minimum Gasteiger partial charge on any atom is -0.456 e. The number of pyridine rings is 1. The fourth-order valence-electron chi connectivity index (χ4n) is 2.01. The molecule has 0 spiro atoms. The van der Waals surface area contributed by atoms with E-state index in [2.05, 4.69) is 36.8 Å². The molecule has 0 fully saturated rings. The minimum absolute atomic E-state index is 0.0588. The lowest BCUT2D eigenvalue weighted by Crippen LogP contribution is -2.16. The van der Waals surface area contributed by atoms with Crippen molar-refractivity contribution in [2.24, 2.45) is 0 Å². The summed E-state index contributed by atoms with van der Waals surface area (Å²) in [5, 5.41) is 0. The molecule has 2 heterocycles. The second kappa shape index (κ2) is 6.64. The molecule has 0 aliphatic rings. The maximum atomic E-state index is 12.1. The summed E-state index contributed by atoms with van der Waals surface area (Å²) in [7, 11) is 0. The largest absolute Gasteiger partial charge is 0.456 e. The van der Waals surface area contributed by atoms with E-state index in [9.17, 15) is 9.59 Å². The third-order valence-electron chi connectivity index (χ3n) is 3.11. The number of esters is 1. The maximum Gasteiger partial charge on any atom is 0.338 e. The van der Waals surface area contributed by atoms with E-state index in [1.54, 1.807) is 42.6 Å². The molecule has 1 aromatic carbocycles. The van der Waals surface area contributed by atoms with Crippen molar-refractivity contribution in [1.82, 2.24) is 9.38 Å². The van der Waals surface area contributed by atoms with Crippen LogP contribution >= 0.6 is 31.9 Å². The highest BCUT2D eigenvalue weighted by Gasteiger charge is 2.09.